The molecule has 2 heterocycles. The second-order valence-corrected chi connectivity index (χ2v) is 8.94. The highest BCUT2D eigenvalue weighted by Crippen LogP contribution is 2.26. The Balaban J connectivity index is 1.93. The van der Waals surface area contributed by atoms with Crippen molar-refractivity contribution in [2.24, 2.45) is 5.92 Å². The van der Waals surface area contributed by atoms with Crippen molar-refractivity contribution in [1.82, 2.24) is 14.9 Å². The topological polar surface area (TPSA) is 84.2 Å². The summed E-state index contributed by atoms with van der Waals surface area (Å²) in [5.74, 6) is -0.266. The van der Waals surface area contributed by atoms with Crippen molar-refractivity contribution in [1.29, 1.82) is 0 Å². The van der Waals surface area contributed by atoms with Crippen molar-refractivity contribution >= 4 is 34.2 Å². The van der Waals surface area contributed by atoms with E-state index in [1.165, 1.54) is 5.56 Å². The molecule has 1 amide bonds. The predicted octanol–water partition coefficient (Wildman–Crippen LogP) is 4.89. The van der Waals surface area contributed by atoms with Crippen LogP contribution in [0.3, 0.4) is 0 Å². The Kier molecular flexibility index (Phi) is 6.92. The van der Waals surface area contributed by atoms with Crippen LogP contribution in [0.5, 0.6) is 0 Å². The van der Waals surface area contributed by atoms with Gasteiger partial charge in [-0.3, -0.25) is 4.79 Å². The number of aliphatic carboxylic acids is 1. The van der Waals surface area contributed by atoms with Gasteiger partial charge < -0.3 is 15.0 Å². The number of hydrogen-bond acceptors (Lipinski definition) is 4. The maximum atomic E-state index is 12.7. The Morgan fingerprint density at radius 2 is 2.00 bits per heavy atom. The maximum Gasteiger partial charge on any atom is 0.326 e. The number of benzene rings is 1. The summed E-state index contributed by atoms with van der Waals surface area (Å²) in [5.41, 5.74) is 3.39. The first-order valence-electron chi connectivity index (χ1n) is 10.4. The van der Waals surface area contributed by atoms with E-state index in [9.17, 15) is 14.7 Å². The van der Waals surface area contributed by atoms with Crippen molar-refractivity contribution in [2.45, 2.75) is 59.0 Å². The van der Waals surface area contributed by atoms with Crippen LogP contribution in [0.2, 0.25) is 0 Å². The van der Waals surface area contributed by atoms with Gasteiger partial charge in [0.1, 0.15) is 11.9 Å². The molecular weight excluding hydrogens is 398 g/mol. The van der Waals surface area contributed by atoms with Crippen LogP contribution in [0.25, 0.3) is 11.0 Å². The first-order valence-corrected chi connectivity index (χ1v) is 11.3. The molecule has 30 heavy (non-hydrogen) atoms. The first-order chi connectivity index (χ1) is 14.3. The zero-order valence-corrected chi connectivity index (χ0v) is 18.7. The molecule has 0 saturated heterocycles. The molecule has 0 fully saturated rings. The van der Waals surface area contributed by atoms with E-state index in [0.717, 1.165) is 29.7 Å². The number of rotatable bonds is 9. The average molecular weight is 428 g/mol. The van der Waals surface area contributed by atoms with E-state index in [1.807, 2.05) is 19.9 Å². The highest BCUT2D eigenvalue weighted by atomic mass is 32.1. The van der Waals surface area contributed by atoms with Gasteiger partial charge in [-0.1, -0.05) is 20.8 Å². The van der Waals surface area contributed by atoms with Gasteiger partial charge in [-0.15, -0.1) is 0 Å². The summed E-state index contributed by atoms with van der Waals surface area (Å²) in [6.07, 6.45) is 2.09. The number of nitrogens with zero attached hydrogens (tertiary/aromatic N) is 2. The number of carbonyl (C=O) groups excluding carboxylic acids is 1. The van der Waals surface area contributed by atoms with Crippen molar-refractivity contribution in [3.8, 4) is 0 Å². The lowest BCUT2D eigenvalue weighted by Gasteiger charge is -2.17. The van der Waals surface area contributed by atoms with Crippen LogP contribution >= 0.6 is 11.3 Å². The van der Waals surface area contributed by atoms with Crippen molar-refractivity contribution in [3.63, 3.8) is 0 Å². The zero-order valence-electron chi connectivity index (χ0n) is 17.9. The van der Waals surface area contributed by atoms with Gasteiger partial charge in [0.05, 0.1) is 11.0 Å². The summed E-state index contributed by atoms with van der Waals surface area (Å²) in [4.78, 5) is 29.0. The number of hydrogen-bond donors (Lipinski definition) is 2. The van der Waals surface area contributed by atoms with Crippen LogP contribution < -0.4 is 5.32 Å². The van der Waals surface area contributed by atoms with E-state index in [2.05, 4.69) is 40.6 Å². The van der Waals surface area contributed by atoms with Crippen LogP contribution in [0, 0.1) is 5.92 Å². The van der Waals surface area contributed by atoms with Crippen molar-refractivity contribution in [3.05, 3.63) is 52.0 Å². The fraction of sp³-hybridized carbons (Fsp3) is 0.435. The number of carbonyl (C=O) groups is 2. The summed E-state index contributed by atoms with van der Waals surface area (Å²) in [6.45, 7) is 8.19. The lowest BCUT2D eigenvalue weighted by molar-refractivity contribution is -0.139. The third-order valence-corrected chi connectivity index (χ3v) is 6.04. The van der Waals surface area contributed by atoms with Gasteiger partial charge in [0.15, 0.2) is 0 Å². The van der Waals surface area contributed by atoms with Gasteiger partial charge in [-0.05, 0) is 66.3 Å². The van der Waals surface area contributed by atoms with Gasteiger partial charge in [0.25, 0.3) is 5.91 Å². The summed E-state index contributed by atoms with van der Waals surface area (Å²) in [7, 11) is 0. The quantitative estimate of drug-likeness (QED) is 0.509. The molecule has 2 aromatic heterocycles. The minimum absolute atomic E-state index is 0.166. The number of imidazole rings is 1. The monoisotopic (exact) mass is 427 g/mol. The summed E-state index contributed by atoms with van der Waals surface area (Å²) in [5, 5.41) is 16.2. The molecule has 3 rings (SSSR count). The third-order valence-electron chi connectivity index (χ3n) is 5.31. The lowest BCUT2D eigenvalue weighted by Crippen LogP contribution is -2.41. The van der Waals surface area contributed by atoms with E-state index in [1.54, 1.807) is 23.5 Å². The molecule has 160 valence electrons. The van der Waals surface area contributed by atoms with E-state index in [0.29, 0.717) is 12.0 Å². The highest BCUT2D eigenvalue weighted by Gasteiger charge is 2.23. The van der Waals surface area contributed by atoms with Gasteiger partial charge in [0, 0.05) is 18.0 Å². The molecule has 3 aromatic rings. The van der Waals surface area contributed by atoms with E-state index < -0.39 is 12.0 Å². The second-order valence-electron chi connectivity index (χ2n) is 8.16. The molecule has 0 radical (unpaired) electrons. The molecule has 0 aliphatic carbocycles. The van der Waals surface area contributed by atoms with Crippen molar-refractivity contribution < 1.29 is 14.7 Å². The largest absolute Gasteiger partial charge is 0.480 e. The fourth-order valence-electron chi connectivity index (χ4n) is 3.60. The van der Waals surface area contributed by atoms with Crippen LogP contribution in [-0.4, -0.2) is 32.6 Å². The average Bonchev–Trinajstić information content (AvgIpc) is 3.33. The summed E-state index contributed by atoms with van der Waals surface area (Å²) in [6, 6.07) is 6.91. The maximum absolute atomic E-state index is 12.7. The number of thiophene rings is 1. The zero-order chi connectivity index (χ0) is 21.8. The Morgan fingerprint density at radius 3 is 2.60 bits per heavy atom. The minimum atomic E-state index is -1.02. The van der Waals surface area contributed by atoms with E-state index in [4.69, 9.17) is 4.98 Å². The lowest BCUT2D eigenvalue weighted by atomic mass is 10.0. The van der Waals surface area contributed by atoms with E-state index in [-0.39, 0.29) is 17.9 Å². The van der Waals surface area contributed by atoms with Gasteiger partial charge in [-0.2, -0.15) is 11.3 Å². The molecule has 2 atom stereocenters. The molecule has 1 unspecified atom stereocenters. The number of aromatic nitrogens is 2. The number of carboxylic acids is 1. The molecule has 1 aromatic carbocycles. The Hall–Kier alpha value is -2.67. The predicted molar refractivity (Wildman–Crippen MR) is 120 cm³/mol. The molecule has 0 bridgehead atoms. The number of amides is 1. The van der Waals surface area contributed by atoms with Crippen LogP contribution in [0.4, 0.5) is 0 Å². The minimum Gasteiger partial charge on any atom is -0.480 e. The molecule has 0 aliphatic rings. The van der Waals surface area contributed by atoms with Crippen LogP contribution in [-0.2, 0) is 11.2 Å². The van der Waals surface area contributed by atoms with Crippen molar-refractivity contribution in [2.75, 3.05) is 0 Å². The summed E-state index contributed by atoms with van der Waals surface area (Å²) < 4.78 is 2.24. The molecule has 0 spiro atoms. The third kappa shape index (κ3) is 4.90. The molecule has 2 N–H and O–H groups in total. The number of carboxylic acid groups (broad SMARTS) is 1. The van der Waals surface area contributed by atoms with Gasteiger partial charge in [0.2, 0.25) is 0 Å². The number of fused-ring (bicyclic) bond motifs is 1. The molecule has 6 nitrogen and oxygen atoms in total. The molecule has 7 heteroatoms. The van der Waals surface area contributed by atoms with Gasteiger partial charge in [-0.25, -0.2) is 9.78 Å². The Bertz CT molecular complexity index is 1020. The highest BCUT2D eigenvalue weighted by molar-refractivity contribution is 7.07. The normalized spacial score (nSPS) is 13.5. The Morgan fingerprint density at radius 1 is 1.23 bits per heavy atom. The number of nitrogens with one attached hydrogen (secondary N) is 1. The smallest absolute Gasteiger partial charge is 0.326 e. The molecule has 0 saturated carbocycles. The summed E-state index contributed by atoms with van der Waals surface area (Å²) >= 11 is 1.67. The second kappa shape index (κ2) is 9.43. The van der Waals surface area contributed by atoms with Crippen LogP contribution in [0.1, 0.15) is 68.3 Å². The van der Waals surface area contributed by atoms with Gasteiger partial charge >= 0.3 is 5.97 Å². The first kappa shape index (κ1) is 22.0. The SMILES string of the molecule is CC[C@H](C)n1c(Cc2ccsc2)nc2cc(C(=O)NC(CC(C)C)C(=O)O)ccc21. The molecule has 0 aliphatic heterocycles. The Labute approximate surface area is 180 Å². The standard InChI is InChI=1S/C23H29N3O3S/c1-5-15(4)26-20-7-6-17(22(27)25-19(23(28)29)10-14(2)3)12-18(20)24-21(26)11-16-8-9-30-13-16/h6-9,12-15,19H,5,10-11H2,1-4H3,(H,25,27)(H,28,29)/t15-,19?/m0/s1. The van der Waals surface area contributed by atoms with E-state index >= 15 is 0 Å². The fourth-order valence-corrected chi connectivity index (χ4v) is 4.27. The van der Waals surface area contributed by atoms with Crippen LogP contribution in [0.15, 0.2) is 35.0 Å². The molecular formula is C23H29N3O3S.